The fraction of sp³-hybridized carbons (Fsp3) is 0.393. The van der Waals surface area contributed by atoms with Gasteiger partial charge in [-0.1, -0.05) is 48.2 Å². The fourth-order valence-electron chi connectivity index (χ4n) is 4.77. The number of halogens is 1. The van der Waals surface area contributed by atoms with Gasteiger partial charge in [-0.3, -0.25) is 4.79 Å². The first-order valence-electron chi connectivity index (χ1n) is 13.1. The molecule has 3 unspecified atom stereocenters. The van der Waals surface area contributed by atoms with E-state index in [0.717, 1.165) is 42.2 Å². The third-order valence-corrected chi connectivity index (χ3v) is 6.90. The number of carbonyl (C=O) groups excluding carboxylic acids is 2. The number of amides is 1. The molecule has 1 aliphatic rings. The van der Waals surface area contributed by atoms with Gasteiger partial charge in [-0.2, -0.15) is 0 Å². The van der Waals surface area contributed by atoms with Crippen LogP contribution in [0.25, 0.3) is 10.9 Å². The summed E-state index contributed by atoms with van der Waals surface area (Å²) in [4.78, 5) is 39.7. The zero-order valence-corrected chi connectivity index (χ0v) is 22.9. The highest BCUT2D eigenvalue weighted by Gasteiger charge is 2.28. The van der Waals surface area contributed by atoms with E-state index < -0.39 is 17.9 Å². The van der Waals surface area contributed by atoms with Crippen molar-refractivity contribution in [2.45, 2.75) is 64.1 Å². The molecule has 1 fully saturated rings. The molecule has 0 bridgehead atoms. The Labute approximate surface area is 232 Å². The largest absolute Gasteiger partial charge is 0.464 e. The van der Waals surface area contributed by atoms with E-state index in [-0.39, 0.29) is 36.9 Å². The Morgan fingerprint density at radius 2 is 1.87 bits per heavy atom. The zero-order chi connectivity index (χ0) is 27.9. The fourth-order valence-corrected chi connectivity index (χ4v) is 4.90. The van der Waals surface area contributed by atoms with Crippen molar-refractivity contribution < 1.29 is 14.3 Å². The second-order valence-corrected chi connectivity index (χ2v) is 10.1. The molecule has 11 heteroatoms. The number of fused-ring (bicyclic) bond motifs is 1. The Morgan fingerprint density at radius 3 is 2.59 bits per heavy atom. The Morgan fingerprint density at radius 1 is 1.13 bits per heavy atom. The van der Waals surface area contributed by atoms with E-state index >= 15 is 0 Å². The Bertz CT molecular complexity index is 1360. The zero-order valence-electron chi connectivity index (χ0n) is 22.1. The number of guanidine groups is 1. The number of nitrogens with zero attached hydrogens (tertiary/aromatic N) is 3. The van der Waals surface area contributed by atoms with Gasteiger partial charge >= 0.3 is 5.97 Å². The van der Waals surface area contributed by atoms with Gasteiger partial charge in [0.2, 0.25) is 5.82 Å². The van der Waals surface area contributed by atoms with Crippen LogP contribution in [0.4, 0.5) is 5.82 Å². The maximum Gasteiger partial charge on any atom is 0.328 e. The van der Waals surface area contributed by atoms with Crippen molar-refractivity contribution in [1.29, 1.82) is 0 Å². The van der Waals surface area contributed by atoms with Crippen LogP contribution in [0.1, 0.15) is 54.4 Å². The summed E-state index contributed by atoms with van der Waals surface area (Å²) in [6, 6.07) is 11.7. The van der Waals surface area contributed by atoms with Crippen LogP contribution >= 0.6 is 11.6 Å². The minimum Gasteiger partial charge on any atom is -0.464 e. The number of hydrogen-bond acceptors (Lipinski definition) is 7. The molecule has 0 aliphatic heterocycles. The van der Waals surface area contributed by atoms with Gasteiger partial charge < -0.3 is 26.8 Å². The van der Waals surface area contributed by atoms with Gasteiger partial charge in [-0.05, 0) is 56.5 Å². The van der Waals surface area contributed by atoms with Crippen LogP contribution in [0.2, 0.25) is 5.02 Å². The minimum atomic E-state index is -0.933. The quantitative estimate of drug-likeness (QED) is 0.179. The number of ether oxygens (including phenoxy) is 1. The third-order valence-electron chi connectivity index (χ3n) is 6.65. The average Bonchev–Trinajstić information content (AvgIpc) is 2.90. The number of aromatic nitrogens is 2. The van der Waals surface area contributed by atoms with Crippen LogP contribution in [0.5, 0.6) is 0 Å². The van der Waals surface area contributed by atoms with E-state index in [1.807, 2.05) is 25.1 Å². The number of benzene rings is 2. The number of aryl methyl sites for hydroxylation is 1. The Hall–Kier alpha value is -3.92. The Kier molecular flexibility index (Phi) is 9.19. The minimum absolute atomic E-state index is 0.0443. The standard InChI is InChI=1S/C28H34ClN7O3/c1-3-39-27(38)23(15-17-9-11-18(29)12-10-17)34-26(37)25-32-20-13-8-16(2)14-19(20)24(36-25)33-21-6-4-5-7-22(21)35-28(30)31/h8-14,21-23H,3-7,15H2,1-2H3,(H,34,37)(H4,30,31,35)(H,32,33,36). The summed E-state index contributed by atoms with van der Waals surface area (Å²) in [5.74, 6) is -0.631. The smallest absolute Gasteiger partial charge is 0.328 e. The van der Waals surface area contributed by atoms with Gasteiger partial charge in [0.15, 0.2) is 5.96 Å². The predicted octanol–water partition coefficient (Wildman–Crippen LogP) is 3.49. The number of nitrogens with one attached hydrogen (secondary N) is 2. The van der Waals surface area contributed by atoms with E-state index in [2.05, 4.69) is 25.6 Å². The molecule has 1 heterocycles. The molecule has 206 valence electrons. The molecule has 3 atom stereocenters. The molecular formula is C28H34ClN7O3. The molecule has 10 nitrogen and oxygen atoms in total. The first-order valence-corrected chi connectivity index (χ1v) is 13.5. The second kappa shape index (κ2) is 12.8. The van der Waals surface area contributed by atoms with E-state index in [1.165, 1.54) is 0 Å². The van der Waals surface area contributed by atoms with Crippen molar-refractivity contribution in [2.24, 2.45) is 16.5 Å². The molecule has 1 aliphatic carbocycles. The topological polar surface area (TPSA) is 158 Å². The van der Waals surface area contributed by atoms with Crippen molar-refractivity contribution in [3.8, 4) is 0 Å². The van der Waals surface area contributed by atoms with Gasteiger partial charge in [0.25, 0.3) is 5.91 Å². The molecule has 0 radical (unpaired) electrons. The van der Waals surface area contributed by atoms with Crippen LogP contribution in [-0.2, 0) is 16.0 Å². The average molecular weight is 552 g/mol. The highest BCUT2D eigenvalue weighted by Crippen LogP contribution is 2.28. The van der Waals surface area contributed by atoms with Crippen molar-refractivity contribution in [3.63, 3.8) is 0 Å². The lowest BCUT2D eigenvalue weighted by atomic mass is 9.90. The van der Waals surface area contributed by atoms with Gasteiger partial charge in [-0.15, -0.1) is 0 Å². The maximum atomic E-state index is 13.4. The summed E-state index contributed by atoms with van der Waals surface area (Å²) in [5, 5.41) is 7.62. The van der Waals surface area contributed by atoms with Crippen LogP contribution in [-0.4, -0.2) is 52.5 Å². The highest BCUT2D eigenvalue weighted by molar-refractivity contribution is 6.30. The van der Waals surface area contributed by atoms with Crippen LogP contribution < -0.4 is 22.1 Å². The number of hydrogen-bond donors (Lipinski definition) is 4. The first-order chi connectivity index (χ1) is 18.7. The molecule has 2 aromatic carbocycles. The van der Waals surface area contributed by atoms with Crippen LogP contribution in [0.15, 0.2) is 47.5 Å². The second-order valence-electron chi connectivity index (χ2n) is 9.68. The summed E-state index contributed by atoms with van der Waals surface area (Å²) in [5.41, 5.74) is 13.8. The maximum absolute atomic E-state index is 13.4. The monoisotopic (exact) mass is 551 g/mol. The molecule has 3 aromatic rings. The number of nitrogens with two attached hydrogens (primary N) is 2. The molecule has 4 rings (SSSR count). The van der Waals surface area contributed by atoms with Gasteiger partial charge in [0, 0.05) is 16.8 Å². The van der Waals surface area contributed by atoms with E-state index in [4.69, 9.17) is 27.8 Å². The summed E-state index contributed by atoms with van der Waals surface area (Å²) in [6.07, 6.45) is 3.97. The lowest BCUT2D eigenvalue weighted by Gasteiger charge is -2.30. The molecular weight excluding hydrogens is 518 g/mol. The summed E-state index contributed by atoms with van der Waals surface area (Å²) < 4.78 is 5.22. The lowest BCUT2D eigenvalue weighted by Crippen LogP contribution is -2.44. The molecule has 1 aromatic heterocycles. The van der Waals surface area contributed by atoms with Gasteiger partial charge in [0.1, 0.15) is 11.9 Å². The number of anilines is 1. The van der Waals surface area contributed by atoms with E-state index in [0.29, 0.717) is 16.4 Å². The lowest BCUT2D eigenvalue weighted by molar-refractivity contribution is -0.145. The summed E-state index contributed by atoms with van der Waals surface area (Å²) >= 11 is 6.00. The number of aliphatic imine (C=N–C) groups is 1. The predicted molar refractivity (Wildman–Crippen MR) is 153 cm³/mol. The van der Waals surface area contributed by atoms with Crippen molar-refractivity contribution >= 4 is 46.2 Å². The Balaban J connectivity index is 1.65. The molecule has 6 N–H and O–H groups in total. The number of carbonyl (C=O) groups is 2. The normalized spacial score (nSPS) is 17.7. The molecule has 0 saturated heterocycles. The highest BCUT2D eigenvalue weighted by atomic mass is 35.5. The van der Waals surface area contributed by atoms with Crippen molar-refractivity contribution in [2.75, 3.05) is 11.9 Å². The van der Waals surface area contributed by atoms with Gasteiger partial charge in [0.05, 0.1) is 24.2 Å². The number of esters is 1. The van der Waals surface area contributed by atoms with Gasteiger partial charge in [-0.25, -0.2) is 19.8 Å². The SMILES string of the molecule is CCOC(=O)C(Cc1ccc(Cl)cc1)NC(=O)c1nc(NC2CCCCC2N=C(N)N)c2cc(C)ccc2n1. The van der Waals surface area contributed by atoms with Crippen LogP contribution in [0, 0.1) is 6.92 Å². The van der Waals surface area contributed by atoms with Crippen molar-refractivity contribution in [1.82, 2.24) is 15.3 Å². The third kappa shape index (κ3) is 7.35. The van der Waals surface area contributed by atoms with E-state index in [9.17, 15) is 9.59 Å². The number of rotatable bonds is 9. The molecule has 1 saturated carbocycles. The van der Waals surface area contributed by atoms with E-state index in [1.54, 1.807) is 31.2 Å². The van der Waals surface area contributed by atoms with Crippen molar-refractivity contribution in [3.05, 3.63) is 64.4 Å². The first kappa shape index (κ1) is 28.1. The summed E-state index contributed by atoms with van der Waals surface area (Å²) in [6.45, 7) is 3.88. The molecule has 0 spiro atoms. The van der Waals surface area contributed by atoms with Crippen LogP contribution in [0.3, 0.4) is 0 Å². The molecule has 1 amide bonds. The molecule has 39 heavy (non-hydrogen) atoms. The summed E-state index contributed by atoms with van der Waals surface area (Å²) in [7, 11) is 0.